The number of amides is 1. The van der Waals surface area contributed by atoms with Crippen LogP contribution in [0.4, 0.5) is 0 Å². The van der Waals surface area contributed by atoms with Crippen LogP contribution in [0.1, 0.15) is 48.8 Å². The van der Waals surface area contributed by atoms with Crippen molar-refractivity contribution in [1.82, 2.24) is 20.2 Å². The number of thioether (sulfide) groups is 1. The lowest BCUT2D eigenvalue weighted by atomic mass is 10.0. The lowest BCUT2D eigenvalue weighted by Gasteiger charge is -2.33. The highest BCUT2D eigenvalue weighted by Gasteiger charge is 2.31. The number of nitrogens with zero attached hydrogens (tertiary/aromatic N) is 3. The van der Waals surface area contributed by atoms with Gasteiger partial charge in [0.2, 0.25) is 5.91 Å². The van der Waals surface area contributed by atoms with E-state index in [1.807, 2.05) is 6.92 Å². The fourth-order valence-electron chi connectivity index (χ4n) is 5.42. The number of hydrogen-bond donors (Lipinski definition) is 1. The van der Waals surface area contributed by atoms with Crippen LogP contribution in [-0.4, -0.2) is 72.2 Å². The Balaban J connectivity index is 0.000000208. The Morgan fingerprint density at radius 2 is 2.00 bits per heavy atom. The van der Waals surface area contributed by atoms with Gasteiger partial charge in [0.25, 0.3) is 0 Å². The number of aryl methyl sites for hydroxylation is 1. The van der Waals surface area contributed by atoms with E-state index in [-0.39, 0.29) is 5.91 Å². The van der Waals surface area contributed by atoms with Crippen molar-refractivity contribution < 1.29 is 14.4 Å². The van der Waals surface area contributed by atoms with E-state index in [2.05, 4.69) is 95.5 Å². The molecule has 3 atom stereocenters. The minimum Gasteiger partial charge on any atom is -0.367 e. The number of nitrogens with one attached hydrogen (secondary N) is 1. The van der Waals surface area contributed by atoms with Gasteiger partial charge in [0.15, 0.2) is 0 Å². The van der Waals surface area contributed by atoms with Gasteiger partial charge in [-0.25, -0.2) is 0 Å². The van der Waals surface area contributed by atoms with E-state index in [1.54, 1.807) is 17.0 Å². The third-order valence-electron chi connectivity index (χ3n) is 7.51. The molecule has 0 spiro atoms. The quantitative estimate of drug-likeness (QED) is 0.364. The van der Waals surface area contributed by atoms with Gasteiger partial charge in [0.1, 0.15) is 12.3 Å². The van der Waals surface area contributed by atoms with E-state index in [9.17, 15) is 9.59 Å². The van der Waals surface area contributed by atoms with Crippen molar-refractivity contribution in [2.75, 3.05) is 33.7 Å². The number of rotatable bonds is 8. The summed E-state index contributed by atoms with van der Waals surface area (Å²) in [6, 6.07) is 5.80. The average Bonchev–Trinajstić information content (AvgIpc) is 3.64. The number of likely N-dealkylation sites (N-methyl/N-ethyl adjacent to an activating group) is 1. The van der Waals surface area contributed by atoms with Crippen molar-refractivity contribution in [3.05, 3.63) is 70.3 Å². The Morgan fingerprint density at radius 3 is 2.67 bits per heavy atom. The SMILES string of the molecule is C#C.CN1C=C(CN2CCCC2)SC1C1C=CC=CC1.CNC(=O)C(CCC=O)N1Cc2cc(C)ccc2CO1. The van der Waals surface area contributed by atoms with E-state index in [1.165, 1.54) is 43.5 Å². The molecule has 40 heavy (non-hydrogen) atoms. The monoisotopic (exact) mass is 564 g/mol. The zero-order chi connectivity index (χ0) is 28.9. The molecule has 3 aliphatic heterocycles. The number of likely N-dealkylation sites (tertiary alicyclic amines) is 1. The number of carbonyl (C=O) groups excluding carboxylic acids is 2. The van der Waals surface area contributed by atoms with Gasteiger partial charge in [0.05, 0.1) is 18.5 Å². The van der Waals surface area contributed by atoms with Gasteiger partial charge >= 0.3 is 0 Å². The molecule has 1 aliphatic carbocycles. The first kappa shape index (κ1) is 31.7. The minimum atomic E-state index is -0.432. The Kier molecular flexibility index (Phi) is 13.0. The lowest BCUT2D eigenvalue weighted by molar-refractivity contribution is -0.214. The summed E-state index contributed by atoms with van der Waals surface area (Å²) in [4.78, 5) is 34.7. The molecular formula is C32H44N4O3S. The summed E-state index contributed by atoms with van der Waals surface area (Å²) >= 11 is 2.07. The van der Waals surface area contributed by atoms with E-state index in [0.717, 1.165) is 18.4 Å². The number of fused-ring (bicyclic) bond motifs is 1. The Morgan fingerprint density at radius 1 is 1.23 bits per heavy atom. The molecule has 5 rings (SSSR count). The molecule has 1 aromatic carbocycles. The van der Waals surface area contributed by atoms with Gasteiger partial charge in [0, 0.05) is 44.1 Å². The van der Waals surface area contributed by atoms with Crippen LogP contribution < -0.4 is 5.32 Å². The number of benzene rings is 1. The molecule has 1 N–H and O–H groups in total. The van der Waals surface area contributed by atoms with Crippen LogP contribution in [0.25, 0.3) is 0 Å². The second-order valence-corrected chi connectivity index (χ2v) is 11.7. The molecule has 7 nitrogen and oxygen atoms in total. The van der Waals surface area contributed by atoms with Crippen LogP contribution in [0.3, 0.4) is 0 Å². The molecule has 0 aromatic heterocycles. The van der Waals surface area contributed by atoms with Crippen molar-refractivity contribution in [2.24, 2.45) is 5.92 Å². The summed E-state index contributed by atoms with van der Waals surface area (Å²) in [5, 5.41) is 4.92. The second-order valence-electron chi connectivity index (χ2n) is 10.5. The first-order valence-corrected chi connectivity index (χ1v) is 15.0. The molecule has 1 amide bonds. The molecule has 8 heteroatoms. The normalized spacial score (nSPS) is 22.7. The number of allylic oxidation sites excluding steroid dienone is 3. The standard InChI is InChI=1S/C15H20N2O3.C15H22N2S.C2H2/c1-11-5-6-12-10-20-17(9-13(12)8-11)14(4-3-7-18)15(19)16-2;1-16-11-14(12-17-9-5-6-10-17)18-15(16)13-7-3-2-4-8-13;1-2/h5-8,14H,3-4,9-10H2,1-2H3,(H,16,19);2-4,7,11,13,15H,5-6,8-10,12H2,1H3;1-2H. The predicted octanol–water partition coefficient (Wildman–Crippen LogP) is 4.65. The molecule has 1 saturated heterocycles. The van der Waals surface area contributed by atoms with Crippen LogP contribution in [-0.2, 0) is 27.6 Å². The molecule has 3 unspecified atom stereocenters. The number of terminal acetylenes is 1. The van der Waals surface area contributed by atoms with E-state index >= 15 is 0 Å². The van der Waals surface area contributed by atoms with Gasteiger partial charge in [-0.15, -0.1) is 24.6 Å². The summed E-state index contributed by atoms with van der Waals surface area (Å²) in [6.45, 7) is 6.81. The molecule has 1 aromatic rings. The largest absolute Gasteiger partial charge is 0.367 e. The van der Waals surface area contributed by atoms with Crippen molar-refractivity contribution in [3.63, 3.8) is 0 Å². The fourth-order valence-corrected chi connectivity index (χ4v) is 6.81. The summed E-state index contributed by atoms with van der Waals surface area (Å²) in [5.74, 6) is 0.542. The van der Waals surface area contributed by atoms with Gasteiger partial charge in [-0.2, -0.15) is 5.06 Å². The first-order chi connectivity index (χ1) is 19.5. The second kappa shape index (κ2) is 16.4. The molecule has 0 saturated carbocycles. The van der Waals surface area contributed by atoms with Crippen LogP contribution in [0.5, 0.6) is 0 Å². The number of hydrogen-bond acceptors (Lipinski definition) is 7. The van der Waals surface area contributed by atoms with Crippen LogP contribution in [0, 0.1) is 25.7 Å². The van der Waals surface area contributed by atoms with Gasteiger partial charge < -0.3 is 15.0 Å². The van der Waals surface area contributed by atoms with Crippen LogP contribution in [0.15, 0.2) is 53.6 Å². The van der Waals surface area contributed by atoms with Gasteiger partial charge in [-0.3, -0.25) is 14.5 Å². The zero-order valence-corrected chi connectivity index (χ0v) is 24.9. The smallest absolute Gasteiger partial charge is 0.239 e. The van der Waals surface area contributed by atoms with Gasteiger partial charge in [-0.05, 0) is 56.8 Å². The van der Waals surface area contributed by atoms with Crippen LogP contribution in [0.2, 0.25) is 0 Å². The van der Waals surface area contributed by atoms with Crippen molar-refractivity contribution in [3.8, 4) is 12.8 Å². The molecule has 3 heterocycles. The van der Waals surface area contributed by atoms with Crippen LogP contribution >= 0.6 is 11.8 Å². The molecular weight excluding hydrogens is 520 g/mol. The maximum absolute atomic E-state index is 11.9. The third kappa shape index (κ3) is 8.84. The summed E-state index contributed by atoms with van der Waals surface area (Å²) < 4.78 is 0. The highest BCUT2D eigenvalue weighted by molar-refractivity contribution is 8.03. The number of carbonyl (C=O) groups is 2. The summed E-state index contributed by atoms with van der Waals surface area (Å²) in [6.07, 6.45) is 25.0. The van der Waals surface area contributed by atoms with E-state index in [4.69, 9.17) is 4.84 Å². The maximum atomic E-state index is 11.9. The number of hydroxylamine groups is 2. The van der Waals surface area contributed by atoms with E-state index in [0.29, 0.717) is 37.3 Å². The van der Waals surface area contributed by atoms with Crippen molar-refractivity contribution in [1.29, 1.82) is 0 Å². The molecule has 216 valence electrons. The Bertz CT molecular complexity index is 1090. The molecule has 4 aliphatic rings. The Hall–Kier alpha value is -2.83. The third-order valence-corrected chi connectivity index (χ3v) is 8.97. The average molecular weight is 565 g/mol. The molecule has 0 bridgehead atoms. The summed E-state index contributed by atoms with van der Waals surface area (Å²) in [5.41, 5.74) is 3.52. The molecule has 1 fully saturated rings. The first-order valence-electron chi connectivity index (χ1n) is 14.1. The topological polar surface area (TPSA) is 65.1 Å². The summed E-state index contributed by atoms with van der Waals surface area (Å²) in [7, 11) is 3.82. The maximum Gasteiger partial charge on any atom is 0.239 e. The van der Waals surface area contributed by atoms with Crippen molar-refractivity contribution in [2.45, 2.75) is 63.6 Å². The fraction of sp³-hybridized carbons (Fsp3) is 0.500. The van der Waals surface area contributed by atoms with Gasteiger partial charge in [-0.1, -0.05) is 48.1 Å². The van der Waals surface area contributed by atoms with E-state index < -0.39 is 6.04 Å². The Labute approximate surface area is 244 Å². The zero-order valence-electron chi connectivity index (χ0n) is 24.1. The lowest BCUT2D eigenvalue weighted by Crippen LogP contribution is -2.46. The minimum absolute atomic E-state index is 0.122. The van der Waals surface area contributed by atoms with Crippen molar-refractivity contribution >= 4 is 24.0 Å². The molecule has 0 radical (unpaired) electrons. The highest BCUT2D eigenvalue weighted by atomic mass is 32.2. The number of aldehydes is 1. The predicted molar refractivity (Wildman–Crippen MR) is 164 cm³/mol. The highest BCUT2D eigenvalue weighted by Crippen LogP contribution is 2.39.